The summed E-state index contributed by atoms with van der Waals surface area (Å²) >= 11 is 0. The zero-order valence-electron chi connectivity index (χ0n) is 22.8. The maximum atomic E-state index is 13.8. The van der Waals surface area contributed by atoms with Crippen molar-refractivity contribution in [3.05, 3.63) is 65.9 Å². The number of benzene rings is 2. The van der Waals surface area contributed by atoms with Gasteiger partial charge in [0.1, 0.15) is 5.58 Å². The molecule has 1 N–H and O–H groups in total. The van der Waals surface area contributed by atoms with Crippen molar-refractivity contribution in [2.24, 2.45) is 17.3 Å². The molecule has 1 aromatic heterocycles. The molecule has 3 aromatic rings. The number of fused-ring (bicyclic) bond motifs is 1. The van der Waals surface area contributed by atoms with E-state index < -0.39 is 28.7 Å². The molecule has 0 radical (unpaired) electrons. The summed E-state index contributed by atoms with van der Waals surface area (Å²) in [4.78, 5) is 0.225. The Labute approximate surface area is 230 Å². The third kappa shape index (κ3) is 4.20. The molecule has 8 rings (SSSR count). The molecule has 6 atom stereocenters. The van der Waals surface area contributed by atoms with Gasteiger partial charge in [-0.2, -0.15) is 0 Å². The third-order valence-corrected chi connectivity index (χ3v) is 11.6. The lowest BCUT2D eigenvalue weighted by atomic mass is 9.43. The maximum absolute atomic E-state index is 13.8. The fourth-order valence-electron chi connectivity index (χ4n) is 7.68. The molecule has 2 bridgehead atoms. The van der Waals surface area contributed by atoms with Gasteiger partial charge in [-0.15, -0.1) is 0 Å². The lowest BCUT2D eigenvalue weighted by Gasteiger charge is -2.64. The number of hydrogen-bond acceptors (Lipinski definition) is 6. The summed E-state index contributed by atoms with van der Waals surface area (Å²) in [6, 6.07) is 14.9. The summed E-state index contributed by atoms with van der Waals surface area (Å²) in [5.41, 5.74) is 2.34. The summed E-state index contributed by atoms with van der Waals surface area (Å²) in [6.45, 7) is 7.50. The van der Waals surface area contributed by atoms with Crippen molar-refractivity contribution in [1.29, 1.82) is 0 Å². The van der Waals surface area contributed by atoms with Crippen molar-refractivity contribution >= 4 is 28.1 Å². The Kier molecular flexibility index (Phi) is 6.07. The molecule has 2 aliphatic heterocycles. The fraction of sp³-hybridized carbons (Fsp3) is 0.533. The van der Waals surface area contributed by atoms with Crippen LogP contribution < -0.4 is 4.72 Å². The van der Waals surface area contributed by atoms with Crippen LogP contribution in [0.3, 0.4) is 0 Å². The largest absolute Gasteiger partial charge is 0.477 e. The van der Waals surface area contributed by atoms with E-state index in [2.05, 4.69) is 25.5 Å². The second-order valence-corrected chi connectivity index (χ2v) is 14.3. The lowest BCUT2D eigenvalue weighted by Crippen LogP contribution is -2.65. The van der Waals surface area contributed by atoms with Crippen LogP contribution in [0, 0.1) is 17.3 Å². The van der Waals surface area contributed by atoms with E-state index in [-0.39, 0.29) is 22.5 Å². The van der Waals surface area contributed by atoms with Crippen LogP contribution in [0.5, 0.6) is 0 Å². The molecule has 2 unspecified atom stereocenters. The van der Waals surface area contributed by atoms with Crippen molar-refractivity contribution in [3.8, 4) is 0 Å². The summed E-state index contributed by atoms with van der Waals surface area (Å²) < 4.78 is 55.6. The smallest absolute Gasteiger partial charge is 0.464 e. The monoisotopic (exact) mass is 549 g/mol. The molecule has 39 heavy (non-hydrogen) atoms. The number of rotatable bonds is 7. The van der Waals surface area contributed by atoms with Gasteiger partial charge in [0.15, 0.2) is 0 Å². The van der Waals surface area contributed by atoms with Gasteiger partial charge in [0, 0.05) is 12.0 Å². The fourth-order valence-corrected chi connectivity index (χ4v) is 8.96. The minimum atomic E-state index is -3.88. The molecule has 9 heteroatoms. The molecular weight excluding hydrogens is 513 g/mol. The molecule has 0 spiro atoms. The Bertz CT molecular complexity index is 1500. The van der Waals surface area contributed by atoms with E-state index in [0.29, 0.717) is 24.9 Å². The number of nitrogens with one attached hydrogen (secondary N) is 1. The first-order chi connectivity index (χ1) is 18.6. The lowest BCUT2D eigenvalue weighted by molar-refractivity contribution is -0.199. The highest BCUT2D eigenvalue weighted by Crippen LogP contribution is 2.65. The highest BCUT2D eigenvalue weighted by molar-refractivity contribution is 7.89. The third-order valence-electron chi connectivity index (χ3n) is 10.1. The molecule has 5 fully saturated rings. The molecule has 3 heterocycles. The van der Waals surface area contributed by atoms with Crippen molar-refractivity contribution in [3.63, 3.8) is 0 Å². The highest BCUT2D eigenvalue weighted by atomic mass is 32.2. The van der Waals surface area contributed by atoms with Crippen molar-refractivity contribution in [2.75, 3.05) is 6.61 Å². The number of hydrogen-bond donors (Lipinski definition) is 1. The van der Waals surface area contributed by atoms with Gasteiger partial charge in [0.05, 0.1) is 34.9 Å². The van der Waals surface area contributed by atoms with Crippen LogP contribution in [-0.4, -0.2) is 39.8 Å². The van der Waals surface area contributed by atoms with Crippen LogP contribution in [0.1, 0.15) is 63.7 Å². The van der Waals surface area contributed by atoms with E-state index in [0.717, 1.165) is 47.8 Å². The number of ether oxygens (including phenoxy) is 1. The topological polar surface area (TPSA) is 87.0 Å². The molecule has 3 aliphatic carbocycles. The number of para-hydroxylation sites is 1. The number of sulfonamides is 1. The Hall–Kier alpha value is -2.17. The van der Waals surface area contributed by atoms with Crippen LogP contribution in [0.15, 0.2) is 64.1 Å². The number of furan rings is 1. The Morgan fingerprint density at radius 2 is 1.95 bits per heavy atom. The quantitative estimate of drug-likeness (QED) is 0.395. The zero-order chi connectivity index (χ0) is 27.0. The Morgan fingerprint density at radius 3 is 2.74 bits per heavy atom. The maximum Gasteiger partial charge on any atom is 0.477 e. The van der Waals surface area contributed by atoms with E-state index in [1.807, 2.05) is 30.3 Å². The second kappa shape index (κ2) is 9.18. The zero-order valence-corrected chi connectivity index (χ0v) is 23.6. The first-order valence-corrected chi connectivity index (χ1v) is 15.7. The van der Waals surface area contributed by atoms with Gasteiger partial charge < -0.3 is 18.5 Å². The molecule has 206 valence electrons. The summed E-state index contributed by atoms with van der Waals surface area (Å²) in [5.74, 6) is 0.357. The predicted octanol–water partition coefficient (Wildman–Crippen LogP) is 5.44. The Morgan fingerprint density at radius 1 is 1.10 bits per heavy atom. The molecule has 2 saturated heterocycles. The minimum Gasteiger partial charge on any atom is -0.464 e. The van der Waals surface area contributed by atoms with Gasteiger partial charge in [0.25, 0.3) is 0 Å². The van der Waals surface area contributed by atoms with E-state index in [1.165, 1.54) is 0 Å². The van der Waals surface area contributed by atoms with Crippen LogP contribution in [0.25, 0.3) is 11.0 Å². The summed E-state index contributed by atoms with van der Waals surface area (Å²) in [6.07, 6.45) is 5.94. The minimum absolute atomic E-state index is 0.0461. The van der Waals surface area contributed by atoms with Crippen molar-refractivity contribution in [2.45, 2.75) is 81.5 Å². The molecule has 2 aromatic carbocycles. The highest BCUT2D eigenvalue weighted by Gasteiger charge is 2.68. The van der Waals surface area contributed by atoms with Gasteiger partial charge >= 0.3 is 7.12 Å². The summed E-state index contributed by atoms with van der Waals surface area (Å²) in [5, 5.41) is 0.965. The molecule has 3 saturated carbocycles. The summed E-state index contributed by atoms with van der Waals surface area (Å²) in [7, 11) is -4.59. The standard InChI is InChI=1S/C30H36BNO6S/c1-29(2)21-16-26(29)30(3)27(17-21)37-31(38-30)28(15-20-18-36-25-11-5-4-10-23(20)25)32-39(33,34)22-9-6-8-19(14-22)24-12-7-13-35-24/h4-6,8-11,14,18,21,24,26-28,32H,7,12-13,15-17H2,1-3H3/t21-,24?,26-,27+,28?,30-/m0/s1. The van der Waals surface area contributed by atoms with Crippen LogP contribution >= 0.6 is 0 Å². The van der Waals surface area contributed by atoms with Gasteiger partial charge in [0.2, 0.25) is 10.0 Å². The predicted molar refractivity (Wildman–Crippen MR) is 149 cm³/mol. The van der Waals surface area contributed by atoms with Gasteiger partial charge in [-0.05, 0) is 85.6 Å². The SMILES string of the molecule is CC1(C)[C@@H]2C[C@H]3OB(C(Cc4coc5ccccc45)NS(=O)(=O)c4cccc(C5CCCO5)c4)O[C@@]3(C)[C@H]1C2. The molecular formula is C30H36BNO6S. The Balaban J connectivity index is 1.21. The van der Waals surface area contributed by atoms with Gasteiger partial charge in [-0.25, -0.2) is 13.1 Å². The van der Waals surface area contributed by atoms with E-state index >= 15 is 0 Å². The first kappa shape index (κ1) is 25.8. The average Bonchev–Trinajstić information content (AvgIpc) is 3.67. The van der Waals surface area contributed by atoms with E-state index in [1.54, 1.807) is 24.5 Å². The van der Waals surface area contributed by atoms with Crippen LogP contribution in [0.2, 0.25) is 0 Å². The molecule has 5 aliphatic rings. The van der Waals surface area contributed by atoms with Crippen molar-refractivity contribution < 1.29 is 26.9 Å². The average molecular weight is 549 g/mol. The van der Waals surface area contributed by atoms with E-state index in [4.69, 9.17) is 18.5 Å². The van der Waals surface area contributed by atoms with Gasteiger partial charge in [-0.3, -0.25) is 0 Å². The van der Waals surface area contributed by atoms with Crippen LogP contribution in [0.4, 0.5) is 0 Å². The van der Waals surface area contributed by atoms with E-state index in [9.17, 15) is 8.42 Å². The first-order valence-electron chi connectivity index (χ1n) is 14.2. The van der Waals surface area contributed by atoms with Crippen molar-refractivity contribution in [1.82, 2.24) is 4.72 Å². The normalized spacial score (nSPS) is 32.2. The van der Waals surface area contributed by atoms with Crippen LogP contribution in [-0.2, 0) is 30.5 Å². The second-order valence-electron chi connectivity index (χ2n) is 12.6. The van der Waals surface area contributed by atoms with Gasteiger partial charge in [-0.1, -0.05) is 44.2 Å². The molecule has 0 amide bonds. The molecule has 7 nitrogen and oxygen atoms in total.